The summed E-state index contributed by atoms with van der Waals surface area (Å²) in [6.45, 7) is 0.453. The molecular weight excluding hydrogens is 378 g/mol. The Bertz CT molecular complexity index is 1180. The van der Waals surface area contributed by atoms with Gasteiger partial charge in [0.05, 0.1) is 23.9 Å². The number of amides is 1. The summed E-state index contributed by atoms with van der Waals surface area (Å²) >= 11 is 0. The number of carbonyl (C=O) groups is 1. The van der Waals surface area contributed by atoms with Crippen molar-refractivity contribution in [1.82, 2.24) is 15.3 Å². The molecule has 1 aromatic heterocycles. The number of methoxy groups -OCH3 is 1. The molecule has 2 aromatic carbocycles. The molecule has 2 aliphatic rings. The van der Waals surface area contributed by atoms with Crippen molar-refractivity contribution in [1.29, 1.82) is 0 Å². The minimum Gasteiger partial charge on any atom is -0.497 e. The number of benzene rings is 2. The first-order valence-electron chi connectivity index (χ1n) is 10.2. The smallest absolute Gasteiger partial charge is 0.258 e. The van der Waals surface area contributed by atoms with Gasteiger partial charge in [-0.05, 0) is 48.1 Å². The van der Waals surface area contributed by atoms with E-state index >= 15 is 0 Å². The van der Waals surface area contributed by atoms with E-state index in [0.717, 1.165) is 17.7 Å². The summed E-state index contributed by atoms with van der Waals surface area (Å²) < 4.78 is 5.18. The van der Waals surface area contributed by atoms with Crippen molar-refractivity contribution in [3.8, 4) is 5.75 Å². The molecule has 2 bridgehead atoms. The second kappa shape index (κ2) is 7.44. The Morgan fingerprint density at radius 1 is 1.13 bits per heavy atom. The zero-order valence-electron chi connectivity index (χ0n) is 16.7. The van der Waals surface area contributed by atoms with E-state index in [1.807, 2.05) is 42.5 Å². The fourth-order valence-electron chi connectivity index (χ4n) is 4.87. The lowest BCUT2D eigenvalue weighted by Gasteiger charge is -2.26. The van der Waals surface area contributed by atoms with E-state index in [9.17, 15) is 9.59 Å². The van der Waals surface area contributed by atoms with Gasteiger partial charge in [0, 0.05) is 12.5 Å². The third-order valence-electron chi connectivity index (χ3n) is 6.33. The number of ether oxygens (including phenoxy) is 1. The Morgan fingerprint density at radius 2 is 1.90 bits per heavy atom. The molecule has 6 heteroatoms. The lowest BCUT2D eigenvalue weighted by atomic mass is 9.81. The number of para-hydroxylation sites is 1. The fourth-order valence-corrected chi connectivity index (χ4v) is 4.87. The number of aromatic nitrogens is 2. The van der Waals surface area contributed by atoms with Crippen LogP contribution in [0.2, 0.25) is 0 Å². The van der Waals surface area contributed by atoms with E-state index in [1.165, 1.54) is 0 Å². The van der Waals surface area contributed by atoms with Crippen LogP contribution in [0.5, 0.6) is 5.75 Å². The van der Waals surface area contributed by atoms with Crippen molar-refractivity contribution < 1.29 is 9.53 Å². The second-order valence-corrected chi connectivity index (χ2v) is 8.03. The molecule has 2 aliphatic carbocycles. The zero-order chi connectivity index (χ0) is 20.7. The maximum atomic E-state index is 13.2. The van der Waals surface area contributed by atoms with E-state index in [-0.39, 0.29) is 35.1 Å². The van der Waals surface area contributed by atoms with Gasteiger partial charge in [-0.1, -0.05) is 36.4 Å². The van der Waals surface area contributed by atoms with E-state index in [2.05, 4.69) is 22.5 Å². The summed E-state index contributed by atoms with van der Waals surface area (Å²) in [6.07, 6.45) is 5.22. The summed E-state index contributed by atoms with van der Waals surface area (Å²) in [7, 11) is 1.63. The van der Waals surface area contributed by atoms with Crippen molar-refractivity contribution >= 4 is 16.8 Å². The third-order valence-corrected chi connectivity index (χ3v) is 6.33. The van der Waals surface area contributed by atoms with E-state index in [0.29, 0.717) is 23.3 Å². The molecule has 1 heterocycles. The SMILES string of the molecule is COc1ccc(CNC(=O)C2C3C=CC(C3)C2c2nc3ccccc3c(=O)[nH]2)cc1. The Balaban J connectivity index is 1.40. The van der Waals surface area contributed by atoms with Crippen LogP contribution in [0.15, 0.2) is 65.5 Å². The molecule has 0 spiro atoms. The zero-order valence-corrected chi connectivity index (χ0v) is 16.7. The first-order chi connectivity index (χ1) is 14.6. The minimum atomic E-state index is -0.234. The van der Waals surface area contributed by atoms with Gasteiger partial charge in [-0.25, -0.2) is 4.98 Å². The van der Waals surface area contributed by atoms with E-state index < -0.39 is 0 Å². The second-order valence-electron chi connectivity index (χ2n) is 8.03. The Hall–Kier alpha value is -3.41. The third kappa shape index (κ3) is 3.18. The summed E-state index contributed by atoms with van der Waals surface area (Å²) in [5.74, 6) is 1.44. The van der Waals surface area contributed by atoms with Crippen LogP contribution in [0.25, 0.3) is 10.9 Å². The van der Waals surface area contributed by atoms with Crippen LogP contribution in [0.1, 0.15) is 23.7 Å². The molecular formula is C24H23N3O3. The molecule has 4 unspecified atom stereocenters. The highest BCUT2D eigenvalue weighted by Crippen LogP contribution is 2.52. The largest absolute Gasteiger partial charge is 0.497 e. The number of hydrogen-bond acceptors (Lipinski definition) is 4. The molecule has 3 aromatic rings. The Labute approximate surface area is 174 Å². The number of nitrogens with zero attached hydrogens (tertiary/aromatic N) is 1. The molecule has 0 saturated heterocycles. The fraction of sp³-hybridized carbons (Fsp3) is 0.292. The monoisotopic (exact) mass is 401 g/mol. The molecule has 0 aliphatic heterocycles. The number of H-pyrrole nitrogens is 1. The molecule has 30 heavy (non-hydrogen) atoms. The van der Waals surface area contributed by atoms with Gasteiger partial charge in [-0.2, -0.15) is 0 Å². The van der Waals surface area contributed by atoms with E-state index in [1.54, 1.807) is 13.2 Å². The summed E-state index contributed by atoms with van der Waals surface area (Å²) in [6, 6.07) is 15.0. The van der Waals surface area contributed by atoms with Crippen molar-refractivity contribution in [3.05, 3.63) is 82.4 Å². The number of allylic oxidation sites excluding steroid dienone is 2. The number of nitrogens with one attached hydrogen (secondary N) is 2. The standard InChI is InChI=1S/C24H23N3O3/c1-30-17-10-6-14(7-11-17)13-25-24(29)21-16-9-8-15(12-16)20(21)22-26-19-5-3-2-4-18(19)23(28)27-22/h2-11,15-16,20-21H,12-13H2,1H3,(H,25,29)(H,26,27,28). The van der Waals surface area contributed by atoms with Gasteiger partial charge in [0.25, 0.3) is 5.56 Å². The molecule has 5 rings (SSSR count). The van der Waals surface area contributed by atoms with Crippen LogP contribution >= 0.6 is 0 Å². The highest BCUT2D eigenvalue weighted by Gasteiger charge is 2.49. The number of rotatable bonds is 5. The molecule has 4 atom stereocenters. The molecule has 6 nitrogen and oxygen atoms in total. The van der Waals surface area contributed by atoms with Gasteiger partial charge in [-0.15, -0.1) is 0 Å². The number of fused-ring (bicyclic) bond motifs is 3. The van der Waals surface area contributed by atoms with E-state index in [4.69, 9.17) is 9.72 Å². The number of carbonyl (C=O) groups excluding carboxylic acids is 1. The molecule has 1 saturated carbocycles. The van der Waals surface area contributed by atoms with Gasteiger partial charge in [0.2, 0.25) is 5.91 Å². The summed E-state index contributed by atoms with van der Waals surface area (Å²) in [5.41, 5.74) is 1.52. The maximum absolute atomic E-state index is 13.2. The lowest BCUT2D eigenvalue weighted by molar-refractivity contribution is -0.126. The first kappa shape index (κ1) is 18.6. The van der Waals surface area contributed by atoms with Crippen LogP contribution < -0.4 is 15.6 Å². The van der Waals surface area contributed by atoms with Gasteiger partial charge in [0.1, 0.15) is 11.6 Å². The lowest BCUT2D eigenvalue weighted by Crippen LogP contribution is -2.37. The van der Waals surface area contributed by atoms with Crippen LogP contribution in [0.4, 0.5) is 0 Å². The van der Waals surface area contributed by atoms with Crippen LogP contribution in [-0.2, 0) is 11.3 Å². The van der Waals surface area contributed by atoms with Gasteiger partial charge in [-0.3, -0.25) is 9.59 Å². The molecule has 152 valence electrons. The Morgan fingerprint density at radius 3 is 2.70 bits per heavy atom. The van der Waals surface area contributed by atoms with Gasteiger partial charge >= 0.3 is 0 Å². The first-order valence-corrected chi connectivity index (χ1v) is 10.2. The minimum absolute atomic E-state index is 0.00322. The van der Waals surface area contributed by atoms with Crippen LogP contribution in [-0.4, -0.2) is 23.0 Å². The van der Waals surface area contributed by atoms with Crippen LogP contribution in [0, 0.1) is 17.8 Å². The highest BCUT2D eigenvalue weighted by molar-refractivity contribution is 5.82. The average molecular weight is 401 g/mol. The summed E-state index contributed by atoms with van der Waals surface area (Å²) in [5, 5.41) is 3.65. The quantitative estimate of drug-likeness (QED) is 0.644. The Kier molecular flexibility index (Phi) is 4.62. The molecule has 0 radical (unpaired) electrons. The van der Waals surface area contributed by atoms with Gasteiger partial charge < -0.3 is 15.0 Å². The normalized spacial score (nSPS) is 24.3. The molecule has 1 fully saturated rings. The maximum Gasteiger partial charge on any atom is 0.258 e. The van der Waals surface area contributed by atoms with Crippen molar-refractivity contribution in [2.45, 2.75) is 18.9 Å². The average Bonchev–Trinajstić information content (AvgIpc) is 3.39. The van der Waals surface area contributed by atoms with Crippen molar-refractivity contribution in [2.75, 3.05) is 7.11 Å². The number of aromatic amines is 1. The van der Waals surface area contributed by atoms with Crippen LogP contribution in [0.3, 0.4) is 0 Å². The summed E-state index contributed by atoms with van der Waals surface area (Å²) in [4.78, 5) is 33.4. The highest BCUT2D eigenvalue weighted by atomic mass is 16.5. The van der Waals surface area contributed by atoms with Gasteiger partial charge in [0.15, 0.2) is 0 Å². The van der Waals surface area contributed by atoms with Crippen molar-refractivity contribution in [2.24, 2.45) is 17.8 Å². The molecule has 1 amide bonds. The predicted octanol–water partition coefficient (Wildman–Crippen LogP) is 3.15. The molecule has 2 N–H and O–H groups in total. The predicted molar refractivity (Wildman–Crippen MR) is 114 cm³/mol. The van der Waals surface area contributed by atoms with Crippen molar-refractivity contribution in [3.63, 3.8) is 0 Å². The number of hydrogen-bond donors (Lipinski definition) is 2. The topological polar surface area (TPSA) is 84.1 Å².